The summed E-state index contributed by atoms with van der Waals surface area (Å²) in [7, 11) is 0. The zero-order valence-corrected chi connectivity index (χ0v) is 13.3. The van der Waals surface area contributed by atoms with Crippen LogP contribution in [-0.2, 0) is 0 Å². The van der Waals surface area contributed by atoms with Gasteiger partial charge in [-0.15, -0.1) is 0 Å². The Labute approximate surface area is 142 Å². The Balaban J connectivity index is 1.56. The summed E-state index contributed by atoms with van der Waals surface area (Å²) in [4.78, 5) is 33.7. The lowest BCUT2D eigenvalue weighted by atomic mass is 10.0. The Morgan fingerprint density at radius 1 is 1.16 bits per heavy atom. The molecule has 0 aliphatic carbocycles. The molecule has 1 aromatic carbocycles. The van der Waals surface area contributed by atoms with Gasteiger partial charge in [0.1, 0.15) is 17.3 Å². The molecule has 6 nitrogen and oxygen atoms in total. The molecule has 3 rings (SSSR count). The lowest BCUT2D eigenvalue weighted by Gasteiger charge is -2.32. The average Bonchev–Trinajstić information content (AvgIpc) is 2.62. The number of hydrogen-bond donors (Lipinski definition) is 1. The molecule has 0 spiro atoms. The zero-order chi connectivity index (χ0) is 17.8. The normalized spacial score (nSPS) is 15.0. The molecule has 0 saturated carbocycles. The van der Waals surface area contributed by atoms with Crippen LogP contribution in [0, 0.1) is 11.6 Å². The molecule has 1 aliphatic heterocycles. The molecule has 1 N–H and O–H groups in total. The molecule has 1 aliphatic rings. The molecular formula is C17H16F2N4O2. The van der Waals surface area contributed by atoms with Crippen molar-refractivity contribution in [1.82, 2.24) is 20.2 Å². The van der Waals surface area contributed by atoms with Crippen molar-refractivity contribution in [2.24, 2.45) is 0 Å². The molecule has 0 bridgehead atoms. The summed E-state index contributed by atoms with van der Waals surface area (Å²) in [5, 5.41) is 2.85. The van der Waals surface area contributed by atoms with Crippen molar-refractivity contribution in [3.63, 3.8) is 0 Å². The maximum atomic E-state index is 13.7. The van der Waals surface area contributed by atoms with Gasteiger partial charge in [-0.05, 0) is 25.0 Å². The first-order chi connectivity index (χ1) is 12.0. The Morgan fingerprint density at radius 2 is 1.92 bits per heavy atom. The molecule has 8 heteroatoms. The van der Waals surface area contributed by atoms with Crippen LogP contribution in [0.1, 0.15) is 33.7 Å². The summed E-state index contributed by atoms with van der Waals surface area (Å²) in [5.41, 5.74) is 0.0813. The Hall–Kier alpha value is -2.90. The fourth-order valence-electron chi connectivity index (χ4n) is 2.74. The van der Waals surface area contributed by atoms with Gasteiger partial charge in [-0.3, -0.25) is 14.6 Å². The van der Waals surface area contributed by atoms with Crippen LogP contribution in [0.25, 0.3) is 0 Å². The van der Waals surface area contributed by atoms with Crippen LogP contribution in [0.3, 0.4) is 0 Å². The van der Waals surface area contributed by atoms with Gasteiger partial charge in [-0.25, -0.2) is 13.8 Å². The molecule has 2 aromatic rings. The molecule has 1 saturated heterocycles. The molecule has 0 atom stereocenters. The van der Waals surface area contributed by atoms with Gasteiger partial charge >= 0.3 is 0 Å². The van der Waals surface area contributed by atoms with E-state index in [1.54, 1.807) is 0 Å². The summed E-state index contributed by atoms with van der Waals surface area (Å²) >= 11 is 0. The molecule has 0 radical (unpaired) electrons. The van der Waals surface area contributed by atoms with E-state index in [1.807, 2.05) is 0 Å². The first-order valence-electron chi connectivity index (χ1n) is 7.86. The summed E-state index contributed by atoms with van der Waals surface area (Å²) < 4.78 is 26.7. The van der Waals surface area contributed by atoms with E-state index < -0.39 is 17.5 Å². The van der Waals surface area contributed by atoms with Gasteiger partial charge < -0.3 is 10.2 Å². The SMILES string of the molecule is O=C(NC1CCN(C(=O)c2ccc(F)cc2F)CC1)c1cnccn1. The van der Waals surface area contributed by atoms with Crippen LogP contribution in [0.4, 0.5) is 8.78 Å². The average molecular weight is 346 g/mol. The highest BCUT2D eigenvalue weighted by molar-refractivity contribution is 5.94. The van der Waals surface area contributed by atoms with Crippen molar-refractivity contribution in [3.05, 3.63) is 59.7 Å². The molecule has 2 amide bonds. The summed E-state index contributed by atoms with van der Waals surface area (Å²) in [6, 6.07) is 2.80. The fourth-order valence-corrected chi connectivity index (χ4v) is 2.74. The van der Waals surface area contributed by atoms with E-state index in [0.717, 1.165) is 12.1 Å². The number of carbonyl (C=O) groups excluding carboxylic acids is 2. The second kappa shape index (κ2) is 7.33. The van der Waals surface area contributed by atoms with Gasteiger partial charge in [0.05, 0.1) is 11.8 Å². The first kappa shape index (κ1) is 16.9. The minimum absolute atomic E-state index is 0.100. The third-order valence-electron chi connectivity index (χ3n) is 4.07. The third-order valence-corrected chi connectivity index (χ3v) is 4.07. The second-order valence-corrected chi connectivity index (χ2v) is 5.75. The monoisotopic (exact) mass is 346 g/mol. The van der Waals surface area contributed by atoms with Crippen LogP contribution < -0.4 is 5.32 Å². The van der Waals surface area contributed by atoms with E-state index in [0.29, 0.717) is 32.0 Å². The van der Waals surface area contributed by atoms with Crippen molar-refractivity contribution >= 4 is 11.8 Å². The highest BCUT2D eigenvalue weighted by Crippen LogP contribution is 2.17. The highest BCUT2D eigenvalue weighted by atomic mass is 19.1. The Morgan fingerprint density at radius 3 is 2.56 bits per heavy atom. The summed E-state index contributed by atoms with van der Waals surface area (Å²) in [5.74, 6) is -2.39. The Bertz CT molecular complexity index is 777. The predicted octanol–water partition coefficient (Wildman–Crippen LogP) is 1.79. The molecule has 130 valence electrons. The van der Waals surface area contributed by atoms with E-state index in [-0.39, 0.29) is 23.2 Å². The predicted molar refractivity (Wildman–Crippen MR) is 84.8 cm³/mol. The van der Waals surface area contributed by atoms with Gasteiger partial charge in [0, 0.05) is 37.6 Å². The van der Waals surface area contributed by atoms with Gasteiger partial charge in [0.15, 0.2) is 0 Å². The number of nitrogens with one attached hydrogen (secondary N) is 1. The van der Waals surface area contributed by atoms with E-state index in [9.17, 15) is 18.4 Å². The van der Waals surface area contributed by atoms with Crippen LogP contribution in [0.5, 0.6) is 0 Å². The Kier molecular flexibility index (Phi) is 4.97. The lowest BCUT2D eigenvalue weighted by Crippen LogP contribution is -2.46. The largest absolute Gasteiger partial charge is 0.348 e. The topological polar surface area (TPSA) is 75.2 Å². The number of aromatic nitrogens is 2. The minimum Gasteiger partial charge on any atom is -0.348 e. The quantitative estimate of drug-likeness (QED) is 0.919. The number of halogens is 2. The number of rotatable bonds is 3. The number of likely N-dealkylation sites (tertiary alicyclic amines) is 1. The van der Waals surface area contributed by atoms with Crippen LogP contribution in [0.2, 0.25) is 0 Å². The number of carbonyl (C=O) groups is 2. The van der Waals surface area contributed by atoms with Crippen molar-refractivity contribution in [2.75, 3.05) is 13.1 Å². The van der Waals surface area contributed by atoms with E-state index in [1.165, 1.54) is 23.5 Å². The van der Waals surface area contributed by atoms with Gasteiger partial charge in [0.2, 0.25) is 0 Å². The summed E-state index contributed by atoms with van der Waals surface area (Å²) in [6.07, 6.45) is 5.38. The summed E-state index contributed by atoms with van der Waals surface area (Å²) in [6.45, 7) is 0.752. The highest BCUT2D eigenvalue weighted by Gasteiger charge is 2.26. The van der Waals surface area contributed by atoms with Crippen molar-refractivity contribution in [3.8, 4) is 0 Å². The van der Waals surface area contributed by atoms with Crippen molar-refractivity contribution in [1.29, 1.82) is 0 Å². The maximum absolute atomic E-state index is 13.7. The van der Waals surface area contributed by atoms with Crippen LogP contribution >= 0.6 is 0 Å². The minimum atomic E-state index is -0.872. The zero-order valence-electron chi connectivity index (χ0n) is 13.3. The van der Waals surface area contributed by atoms with Gasteiger partial charge in [-0.2, -0.15) is 0 Å². The molecule has 25 heavy (non-hydrogen) atoms. The standard InChI is InChI=1S/C17H16F2N4O2/c18-11-1-2-13(14(19)9-11)17(25)23-7-3-12(4-8-23)22-16(24)15-10-20-5-6-21-15/h1-2,5-6,9-10,12H,3-4,7-8H2,(H,22,24). The number of hydrogen-bond acceptors (Lipinski definition) is 4. The number of piperidine rings is 1. The first-order valence-corrected chi connectivity index (χ1v) is 7.86. The molecular weight excluding hydrogens is 330 g/mol. The fraction of sp³-hybridized carbons (Fsp3) is 0.294. The second-order valence-electron chi connectivity index (χ2n) is 5.75. The van der Waals surface area contributed by atoms with E-state index in [4.69, 9.17) is 0 Å². The van der Waals surface area contributed by atoms with E-state index in [2.05, 4.69) is 15.3 Å². The van der Waals surface area contributed by atoms with Crippen LogP contribution in [-0.4, -0.2) is 45.8 Å². The smallest absolute Gasteiger partial charge is 0.271 e. The number of nitrogens with zero attached hydrogens (tertiary/aromatic N) is 3. The van der Waals surface area contributed by atoms with Gasteiger partial charge in [0.25, 0.3) is 11.8 Å². The molecule has 0 unspecified atom stereocenters. The third kappa shape index (κ3) is 3.96. The molecule has 1 fully saturated rings. The lowest BCUT2D eigenvalue weighted by molar-refractivity contribution is 0.0693. The van der Waals surface area contributed by atoms with Crippen molar-refractivity contribution in [2.45, 2.75) is 18.9 Å². The maximum Gasteiger partial charge on any atom is 0.271 e. The van der Waals surface area contributed by atoms with Crippen LogP contribution in [0.15, 0.2) is 36.8 Å². The van der Waals surface area contributed by atoms with E-state index >= 15 is 0 Å². The number of benzene rings is 1. The van der Waals surface area contributed by atoms with Crippen molar-refractivity contribution < 1.29 is 18.4 Å². The number of amides is 2. The van der Waals surface area contributed by atoms with Gasteiger partial charge in [-0.1, -0.05) is 0 Å². The molecule has 2 heterocycles. The molecule has 1 aromatic heterocycles.